The molecule has 84 heavy (non-hydrogen) atoms. The van der Waals surface area contributed by atoms with Crippen molar-refractivity contribution in [1.29, 1.82) is 0 Å². The molecule has 0 N–H and O–H groups in total. The number of hydrogen-bond donors (Lipinski definition) is 0. The maximum atomic E-state index is 2.55. The Morgan fingerprint density at radius 2 is 0.452 bits per heavy atom. The van der Waals surface area contributed by atoms with Gasteiger partial charge in [-0.3, -0.25) is 0 Å². The summed E-state index contributed by atoms with van der Waals surface area (Å²) in [6, 6.07) is 114. The van der Waals surface area contributed by atoms with Gasteiger partial charge >= 0.3 is 0 Å². The fourth-order valence-corrected chi connectivity index (χ4v) is 13.3. The van der Waals surface area contributed by atoms with E-state index < -0.39 is 8.07 Å². The van der Waals surface area contributed by atoms with Gasteiger partial charge in [0.25, 0.3) is 0 Å². The van der Waals surface area contributed by atoms with E-state index in [0.29, 0.717) is 19.0 Å². The van der Waals surface area contributed by atoms with Crippen LogP contribution in [-0.2, 0) is 0 Å². The third-order valence-electron chi connectivity index (χ3n) is 15.6. The fraction of sp³-hybridized carbons (Fsp3) is 0.0649. The summed E-state index contributed by atoms with van der Waals surface area (Å²) in [6.07, 6.45) is 0. The minimum Gasteiger partial charge on any atom is -0.308 e. The Balaban J connectivity index is 1.24. The zero-order chi connectivity index (χ0) is 57.4. The van der Waals surface area contributed by atoms with E-state index in [1.54, 1.807) is 0 Å². The average Bonchev–Trinajstić information content (AvgIpc) is 1.73. The van der Waals surface area contributed by atoms with Crippen molar-refractivity contribution in [1.82, 2.24) is 0 Å². The molecule has 406 valence electrons. The Morgan fingerprint density at radius 3 is 0.679 bits per heavy atom. The molecule has 12 rings (SSSR count). The third-order valence-corrected chi connectivity index (χ3v) is 19.4. The van der Waals surface area contributed by atoms with Crippen LogP contribution in [0.4, 0.5) is 68.2 Å². The second kappa shape index (κ2) is 24.9. The number of nitrogens with zero attached hydrogens (tertiary/aromatic N) is 4. The largest absolute Gasteiger partial charge is 0.308 e. The minimum absolute atomic E-state index is 0.707. The van der Waals surface area contributed by atoms with Crippen molar-refractivity contribution < 1.29 is 0 Å². The summed E-state index contributed by atoms with van der Waals surface area (Å²) in [4.78, 5) is 9.85. The monoisotopic (exact) mass is 1130 g/mol. The van der Waals surface area contributed by atoms with Crippen LogP contribution in [-0.4, -0.2) is 27.1 Å². The first kappa shape index (κ1) is 55.0. The van der Waals surface area contributed by atoms with E-state index in [1.165, 1.54) is 15.6 Å². The van der Waals surface area contributed by atoms with E-state index in [-0.39, 0.29) is 0 Å². The van der Waals surface area contributed by atoms with Crippen LogP contribution < -0.4 is 35.2 Å². The van der Waals surface area contributed by atoms with E-state index >= 15 is 0 Å². The molecule has 0 unspecified atom stereocenters. The minimum atomic E-state index is -1.58. The van der Waals surface area contributed by atoms with Crippen molar-refractivity contribution in [2.24, 2.45) is 0 Å². The Bertz CT molecular complexity index is 3810. The molecule has 0 bridgehead atoms. The van der Waals surface area contributed by atoms with Crippen molar-refractivity contribution in [3.05, 3.63) is 309 Å². The maximum absolute atomic E-state index is 2.55. The Hall–Kier alpha value is -9.51. The smallest absolute Gasteiger partial charge is 0.0775 e. The molecular formula is C77H66N4Si3. The molecule has 0 aromatic heterocycles. The fourth-order valence-electron chi connectivity index (χ4n) is 11.2. The van der Waals surface area contributed by atoms with E-state index in [4.69, 9.17) is 0 Å². The number of anilines is 12. The Morgan fingerprint density at radius 1 is 0.226 bits per heavy atom. The SMILES string of the molecule is C[Si]c1ccc(-c2ccc(N(c3ccc(-c4ccc([Si]C)cc4)cc3N(c3ccccc3)c3ccccc3)c3ccc(-c4ccc([Si](C)(C)C)cc4)cc3N(c3ccccc3)c3ccccc3)c(N(c3ccccc3)c3ccccc3)c2)cc1. The summed E-state index contributed by atoms with van der Waals surface area (Å²) in [5.41, 5.74) is 19.0. The maximum Gasteiger partial charge on any atom is 0.0775 e. The molecule has 4 radical (unpaired) electrons. The molecule has 4 nitrogen and oxygen atoms in total. The molecule has 0 saturated heterocycles. The number of hydrogen-bond acceptors (Lipinski definition) is 4. The summed E-state index contributed by atoms with van der Waals surface area (Å²) in [5, 5.41) is 4.10. The van der Waals surface area contributed by atoms with Crippen molar-refractivity contribution in [3.8, 4) is 33.4 Å². The van der Waals surface area contributed by atoms with Gasteiger partial charge in [-0.25, -0.2) is 0 Å². The van der Waals surface area contributed by atoms with Gasteiger partial charge in [0.15, 0.2) is 0 Å². The van der Waals surface area contributed by atoms with Crippen LogP contribution in [0.2, 0.25) is 32.7 Å². The second-order valence-electron chi connectivity index (χ2n) is 21.9. The summed E-state index contributed by atoms with van der Waals surface area (Å²) < 4.78 is 0. The predicted octanol–water partition coefficient (Wildman–Crippen LogP) is 19.9. The molecular weight excluding hydrogens is 1070 g/mol. The highest BCUT2D eigenvalue weighted by Crippen LogP contribution is 2.55. The van der Waals surface area contributed by atoms with Gasteiger partial charge in [-0.2, -0.15) is 0 Å². The summed E-state index contributed by atoms with van der Waals surface area (Å²) in [7, 11) is -0.170. The topological polar surface area (TPSA) is 13.0 Å². The van der Waals surface area contributed by atoms with Gasteiger partial charge in [0.2, 0.25) is 0 Å². The first-order chi connectivity index (χ1) is 41.2. The van der Waals surface area contributed by atoms with E-state index in [0.717, 1.165) is 102 Å². The van der Waals surface area contributed by atoms with E-state index in [1.807, 2.05) is 0 Å². The number of para-hydroxylation sites is 6. The normalized spacial score (nSPS) is 11.2. The van der Waals surface area contributed by atoms with Gasteiger partial charge in [-0.1, -0.05) is 248 Å². The lowest BCUT2D eigenvalue weighted by molar-refractivity contribution is 1.19. The van der Waals surface area contributed by atoms with Crippen LogP contribution in [0, 0.1) is 0 Å². The lowest BCUT2D eigenvalue weighted by atomic mass is 9.98. The Labute approximate surface area is 502 Å². The molecule has 7 heteroatoms. The van der Waals surface area contributed by atoms with Crippen molar-refractivity contribution in [2.75, 3.05) is 19.6 Å². The van der Waals surface area contributed by atoms with Crippen LogP contribution in [0.5, 0.6) is 0 Å². The van der Waals surface area contributed by atoms with Crippen LogP contribution in [0.25, 0.3) is 33.4 Å². The molecule has 0 atom stereocenters. The molecule has 0 fully saturated rings. The van der Waals surface area contributed by atoms with Gasteiger partial charge in [0, 0.05) is 34.1 Å². The first-order valence-corrected chi connectivity index (χ1v) is 35.3. The standard InChI is InChI=1S/C77H66N4Si3/c1-82-69-45-36-57(37-46-69)60-42-51-72(75(54-60)78(63-24-12-6-13-25-63)64-26-14-7-15-27-64)81(73-52-43-61(58-38-47-70(83-2)48-39-58)55-76(73)79(65-28-16-8-17-29-65)66-30-18-9-19-31-66)74-53-44-62(59-40-49-71(50-41-59)84(3,4)5)56-77(74)80(67-32-20-10-21-33-67)68-34-22-11-23-35-68/h6-56H,1-5H3. The van der Waals surface area contributed by atoms with Crippen LogP contribution >= 0.6 is 0 Å². The summed E-state index contributed by atoms with van der Waals surface area (Å²) >= 11 is 0. The summed E-state index contributed by atoms with van der Waals surface area (Å²) in [6.45, 7) is 11.7. The molecule has 0 saturated carbocycles. The van der Waals surface area contributed by atoms with E-state index in [9.17, 15) is 0 Å². The van der Waals surface area contributed by atoms with Crippen LogP contribution in [0.1, 0.15) is 0 Å². The van der Waals surface area contributed by atoms with Gasteiger partial charge in [-0.15, -0.1) is 0 Å². The first-order valence-electron chi connectivity index (χ1n) is 28.8. The third kappa shape index (κ3) is 11.8. The van der Waals surface area contributed by atoms with Crippen LogP contribution in [0.3, 0.4) is 0 Å². The van der Waals surface area contributed by atoms with E-state index in [2.05, 4.69) is 362 Å². The van der Waals surface area contributed by atoms with Gasteiger partial charge in [0.05, 0.1) is 61.2 Å². The van der Waals surface area contributed by atoms with Gasteiger partial charge in [0.1, 0.15) is 0 Å². The van der Waals surface area contributed by atoms with Crippen molar-refractivity contribution in [3.63, 3.8) is 0 Å². The van der Waals surface area contributed by atoms with Crippen molar-refractivity contribution in [2.45, 2.75) is 32.7 Å². The molecule has 12 aromatic carbocycles. The summed E-state index contributed by atoms with van der Waals surface area (Å²) in [5.74, 6) is 0. The molecule has 12 aromatic rings. The second-order valence-corrected chi connectivity index (χ2v) is 29.2. The number of benzene rings is 12. The van der Waals surface area contributed by atoms with Crippen molar-refractivity contribution >= 4 is 111 Å². The average molecular weight is 1130 g/mol. The molecule has 0 aliphatic carbocycles. The van der Waals surface area contributed by atoms with Gasteiger partial charge < -0.3 is 19.6 Å². The Kier molecular flexibility index (Phi) is 16.3. The van der Waals surface area contributed by atoms with Crippen LogP contribution in [0.15, 0.2) is 309 Å². The lowest BCUT2D eigenvalue weighted by Gasteiger charge is -2.39. The zero-order valence-electron chi connectivity index (χ0n) is 48.2. The highest BCUT2D eigenvalue weighted by atomic mass is 28.3. The quantitative estimate of drug-likeness (QED) is 0.0794. The highest BCUT2D eigenvalue weighted by molar-refractivity contribution is 6.88. The molecule has 0 heterocycles. The molecule has 0 amide bonds. The van der Waals surface area contributed by atoms with Gasteiger partial charge in [-0.05, 0) is 143 Å². The molecule has 0 aliphatic heterocycles. The predicted molar refractivity (Wildman–Crippen MR) is 367 cm³/mol. The highest BCUT2D eigenvalue weighted by Gasteiger charge is 2.31. The lowest BCUT2D eigenvalue weighted by Crippen LogP contribution is -2.37. The number of rotatable bonds is 18. The molecule has 0 aliphatic rings. The molecule has 0 spiro atoms. The zero-order valence-corrected chi connectivity index (χ0v) is 51.2.